The number of hydrogen-bond acceptors (Lipinski definition) is 6. The van der Waals surface area contributed by atoms with E-state index < -0.39 is 0 Å². The molecule has 0 spiro atoms. The summed E-state index contributed by atoms with van der Waals surface area (Å²) in [6.45, 7) is 0. The normalized spacial score (nSPS) is 10.2. The third-order valence-corrected chi connectivity index (χ3v) is 6.08. The van der Waals surface area contributed by atoms with Crippen molar-refractivity contribution in [3.8, 4) is 36.4 Å². The highest BCUT2D eigenvalue weighted by Crippen LogP contribution is 2.44. The van der Waals surface area contributed by atoms with Crippen LogP contribution in [0, 0.1) is 68.0 Å². The molecule has 0 aliphatic rings. The van der Waals surface area contributed by atoms with Crippen molar-refractivity contribution in [1.29, 1.82) is 31.6 Å². The summed E-state index contributed by atoms with van der Waals surface area (Å²) in [5.74, 6) is 0. The quantitative estimate of drug-likeness (QED) is 0.297. The van der Waals surface area contributed by atoms with Gasteiger partial charge in [0.05, 0.1) is 33.4 Å². The van der Waals surface area contributed by atoms with Gasteiger partial charge in [0.25, 0.3) is 0 Å². The van der Waals surface area contributed by atoms with Crippen LogP contribution in [0.5, 0.6) is 0 Å². The number of rotatable bonds is 0. The van der Waals surface area contributed by atoms with Crippen molar-refractivity contribution >= 4 is 43.1 Å². The maximum absolute atomic E-state index is 10.1. The van der Waals surface area contributed by atoms with Gasteiger partial charge in [-0.3, -0.25) is 0 Å². The molecule has 0 aliphatic carbocycles. The van der Waals surface area contributed by atoms with Crippen LogP contribution in [0.4, 0.5) is 0 Å². The highest BCUT2D eigenvalue weighted by Gasteiger charge is 2.25. The lowest BCUT2D eigenvalue weighted by Gasteiger charge is -2.17. The van der Waals surface area contributed by atoms with Gasteiger partial charge in [-0.1, -0.05) is 36.4 Å². The molecule has 0 heterocycles. The second kappa shape index (κ2) is 7.34. The molecular weight excluding hydrogens is 420 g/mol. The molecule has 0 aromatic heterocycles. The van der Waals surface area contributed by atoms with Crippen molar-refractivity contribution in [3.63, 3.8) is 0 Å². The first kappa shape index (κ1) is 20.0. The molecule has 5 aromatic rings. The Balaban J connectivity index is 2.33. The Kier molecular flexibility index (Phi) is 4.32. The smallest absolute Gasteiger partial charge is 0.102 e. The summed E-state index contributed by atoms with van der Waals surface area (Å²) in [4.78, 5) is 0. The number of fused-ring (bicyclic) bond motifs is 8. The maximum atomic E-state index is 10.1. The lowest BCUT2D eigenvalue weighted by atomic mass is 9.83. The molecule has 6 nitrogen and oxygen atoms in total. The van der Waals surface area contributed by atoms with E-state index in [1.54, 1.807) is 6.07 Å². The lowest BCUT2D eigenvalue weighted by Crippen LogP contribution is -2.00. The summed E-state index contributed by atoms with van der Waals surface area (Å²) < 4.78 is 0. The van der Waals surface area contributed by atoms with Gasteiger partial charge >= 0.3 is 0 Å². The van der Waals surface area contributed by atoms with Crippen LogP contribution < -0.4 is 0 Å². The van der Waals surface area contributed by atoms with E-state index in [9.17, 15) is 31.6 Å². The predicted octanol–water partition coefficient (Wildman–Crippen LogP) is 5.53. The minimum atomic E-state index is -0.182. The Morgan fingerprint density at radius 3 is 1.44 bits per heavy atom. The van der Waals surface area contributed by atoms with E-state index in [2.05, 4.69) is 12.1 Å². The second-order valence-electron chi connectivity index (χ2n) is 7.57. The molecule has 150 valence electrons. The zero-order valence-electron chi connectivity index (χ0n) is 17.3. The van der Waals surface area contributed by atoms with Crippen LogP contribution in [0.15, 0.2) is 48.5 Å². The van der Waals surface area contributed by atoms with Crippen LogP contribution in [-0.2, 0) is 0 Å². The summed E-state index contributed by atoms with van der Waals surface area (Å²) in [5, 5.41) is 63.9. The SMILES string of the molecule is N#Cc1cc2c(cc1C#N)c1c3ccccc3ccc1c1c(C#N)c(C#N)c(C#N)c(C#N)c21. The van der Waals surface area contributed by atoms with E-state index in [1.807, 2.05) is 60.7 Å². The molecule has 0 amide bonds. The first-order chi connectivity index (χ1) is 16.6. The summed E-state index contributed by atoms with van der Waals surface area (Å²) in [6.07, 6.45) is 0. The zero-order valence-corrected chi connectivity index (χ0v) is 17.3. The molecule has 0 saturated carbocycles. The Hall–Kier alpha value is -5.92. The highest BCUT2D eigenvalue weighted by atomic mass is 14.4. The summed E-state index contributed by atoms with van der Waals surface area (Å²) in [7, 11) is 0. The molecular formula is C28H8N6. The standard InChI is InChI=1S/C28H8N6/c29-9-16-7-20-21(8-17(16)10-30)28-25(14-34)23(12-32)22(11-31)24(13-33)27(28)19-6-5-15-3-1-2-4-18(15)26(19)20/h1-8H. The van der Waals surface area contributed by atoms with Crippen LogP contribution in [0.2, 0.25) is 0 Å². The van der Waals surface area contributed by atoms with Crippen molar-refractivity contribution in [2.24, 2.45) is 0 Å². The Bertz CT molecular complexity index is 2020. The first-order valence-electron chi connectivity index (χ1n) is 9.98. The largest absolute Gasteiger partial charge is 0.192 e. The van der Waals surface area contributed by atoms with Crippen molar-refractivity contribution in [1.82, 2.24) is 0 Å². The van der Waals surface area contributed by atoms with Crippen molar-refractivity contribution in [2.75, 3.05) is 0 Å². The molecule has 0 atom stereocenters. The Morgan fingerprint density at radius 1 is 0.412 bits per heavy atom. The van der Waals surface area contributed by atoms with Gasteiger partial charge in [-0.05, 0) is 44.5 Å². The minimum absolute atomic E-state index is 0.00176. The third kappa shape index (κ3) is 2.43. The van der Waals surface area contributed by atoms with Crippen LogP contribution in [0.25, 0.3) is 43.1 Å². The van der Waals surface area contributed by atoms with E-state index in [4.69, 9.17) is 0 Å². The molecule has 5 rings (SSSR count). The summed E-state index contributed by atoms with van der Waals surface area (Å²) in [5.41, 5.74) is -0.0897. The molecule has 0 fully saturated rings. The highest BCUT2D eigenvalue weighted by molar-refractivity contribution is 6.33. The Labute approximate surface area is 193 Å². The molecule has 0 bridgehead atoms. The van der Waals surface area contributed by atoms with Gasteiger partial charge in [0.2, 0.25) is 0 Å². The van der Waals surface area contributed by atoms with Gasteiger partial charge in [0.15, 0.2) is 0 Å². The number of hydrogen-bond donors (Lipinski definition) is 0. The molecule has 0 unspecified atom stereocenters. The molecule has 0 saturated heterocycles. The van der Waals surface area contributed by atoms with Crippen LogP contribution in [-0.4, -0.2) is 0 Å². The van der Waals surface area contributed by atoms with Gasteiger partial charge in [0.1, 0.15) is 36.4 Å². The number of nitriles is 6. The van der Waals surface area contributed by atoms with E-state index in [1.165, 1.54) is 6.07 Å². The van der Waals surface area contributed by atoms with Crippen molar-refractivity contribution in [3.05, 3.63) is 81.9 Å². The maximum Gasteiger partial charge on any atom is 0.102 e. The first-order valence-corrected chi connectivity index (χ1v) is 9.98. The summed E-state index contributed by atoms with van der Waals surface area (Å²) in [6, 6.07) is 26.5. The topological polar surface area (TPSA) is 143 Å². The lowest BCUT2D eigenvalue weighted by molar-refractivity contribution is 1.40. The average molecular weight is 428 g/mol. The average Bonchev–Trinajstić information content (AvgIpc) is 2.89. The van der Waals surface area contributed by atoms with Gasteiger partial charge in [0, 0.05) is 10.8 Å². The molecule has 0 aliphatic heterocycles. The van der Waals surface area contributed by atoms with E-state index in [-0.39, 0.29) is 33.4 Å². The van der Waals surface area contributed by atoms with Gasteiger partial charge in [-0.15, -0.1) is 0 Å². The fourth-order valence-corrected chi connectivity index (χ4v) is 4.70. The van der Waals surface area contributed by atoms with Gasteiger partial charge in [-0.25, -0.2) is 0 Å². The van der Waals surface area contributed by atoms with Crippen LogP contribution >= 0.6 is 0 Å². The molecule has 6 heteroatoms. The predicted molar refractivity (Wildman–Crippen MR) is 125 cm³/mol. The van der Waals surface area contributed by atoms with Crippen molar-refractivity contribution < 1.29 is 0 Å². The molecule has 0 radical (unpaired) electrons. The molecule has 5 aromatic carbocycles. The van der Waals surface area contributed by atoms with Crippen LogP contribution in [0.1, 0.15) is 33.4 Å². The van der Waals surface area contributed by atoms with Crippen LogP contribution in [0.3, 0.4) is 0 Å². The van der Waals surface area contributed by atoms with Gasteiger partial charge < -0.3 is 0 Å². The second-order valence-corrected chi connectivity index (χ2v) is 7.57. The van der Waals surface area contributed by atoms with E-state index in [0.717, 1.165) is 16.2 Å². The Morgan fingerprint density at radius 2 is 0.912 bits per heavy atom. The number of nitrogens with zero attached hydrogens (tertiary/aromatic N) is 6. The van der Waals surface area contributed by atoms with Gasteiger partial charge in [-0.2, -0.15) is 31.6 Å². The fraction of sp³-hybridized carbons (Fsp3) is 0. The third-order valence-electron chi connectivity index (χ3n) is 6.08. The molecule has 34 heavy (non-hydrogen) atoms. The zero-order chi connectivity index (χ0) is 24.0. The fourth-order valence-electron chi connectivity index (χ4n) is 4.70. The monoisotopic (exact) mass is 428 g/mol. The molecule has 0 N–H and O–H groups in total. The minimum Gasteiger partial charge on any atom is -0.192 e. The van der Waals surface area contributed by atoms with Crippen molar-refractivity contribution in [2.45, 2.75) is 0 Å². The van der Waals surface area contributed by atoms with E-state index in [0.29, 0.717) is 26.9 Å². The van der Waals surface area contributed by atoms with E-state index >= 15 is 0 Å². The summed E-state index contributed by atoms with van der Waals surface area (Å²) >= 11 is 0. The number of benzene rings is 5.